The molecule has 5 rings (SSSR count). The molecule has 0 atom stereocenters. The molecular weight excluding hydrogens is 370 g/mol. The van der Waals surface area contributed by atoms with Gasteiger partial charge in [0.25, 0.3) is 0 Å². The van der Waals surface area contributed by atoms with Crippen LogP contribution in [0.15, 0.2) is 36.5 Å². The van der Waals surface area contributed by atoms with Crippen molar-refractivity contribution >= 4 is 28.7 Å². The van der Waals surface area contributed by atoms with Crippen molar-refractivity contribution in [1.29, 1.82) is 0 Å². The molecule has 148 valence electrons. The number of hydrogen-bond acceptors (Lipinski definition) is 8. The number of aromatic nitrogens is 7. The molecule has 4 heterocycles. The minimum Gasteiger partial charge on any atom is -0.381 e. The van der Waals surface area contributed by atoms with Gasteiger partial charge >= 0.3 is 0 Å². The van der Waals surface area contributed by atoms with Gasteiger partial charge in [0.15, 0.2) is 5.82 Å². The summed E-state index contributed by atoms with van der Waals surface area (Å²) < 4.78 is 7.32. The summed E-state index contributed by atoms with van der Waals surface area (Å²) in [6.45, 7) is 3.36. The van der Waals surface area contributed by atoms with E-state index in [9.17, 15) is 0 Å². The number of aryl methyl sites for hydroxylation is 1. The van der Waals surface area contributed by atoms with Crippen LogP contribution < -0.4 is 10.6 Å². The Kier molecular flexibility index (Phi) is 4.53. The lowest BCUT2D eigenvalue weighted by Gasteiger charge is -2.23. The number of rotatable bonds is 5. The molecule has 3 aromatic heterocycles. The van der Waals surface area contributed by atoms with Gasteiger partial charge in [0.05, 0.1) is 11.0 Å². The summed E-state index contributed by atoms with van der Waals surface area (Å²) in [6.07, 6.45) is 3.61. The highest BCUT2D eigenvalue weighted by atomic mass is 16.5. The number of imidazole rings is 1. The quantitative estimate of drug-likeness (QED) is 0.475. The van der Waals surface area contributed by atoms with E-state index >= 15 is 0 Å². The first-order valence-electron chi connectivity index (χ1n) is 9.58. The number of nitrogens with one attached hydrogen (secondary N) is 3. The van der Waals surface area contributed by atoms with Crippen molar-refractivity contribution in [2.75, 3.05) is 23.8 Å². The molecule has 0 spiro atoms. The third-order valence-electron chi connectivity index (χ3n) is 4.79. The molecule has 1 aromatic carbocycles. The summed E-state index contributed by atoms with van der Waals surface area (Å²) in [4.78, 5) is 18.4. The van der Waals surface area contributed by atoms with Crippen LogP contribution in [0.25, 0.3) is 17.0 Å². The van der Waals surface area contributed by atoms with E-state index in [1.54, 1.807) is 6.20 Å². The van der Waals surface area contributed by atoms with E-state index in [2.05, 4.69) is 30.8 Å². The predicted molar refractivity (Wildman–Crippen MR) is 109 cm³/mol. The third-order valence-corrected chi connectivity index (χ3v) is 4.79. The Balaban J connectivity index is 1.57. The zero-order chi connectivity index (χ0) is 19.6. The smallest absolute Gasteiger partial charge is 0.242 e. The first-order chi connectivity index (χ1) is 14.3. The second-order valence-corrected chi connectivity index (χ2v) is 6.88. The van der Waals surface area contributed by atoms with Crippen molar-refractivity contribution in [3.05, 3.63) is 42.4 Å². The van der Waals surface area contributed by atoms with E-state index in [-0.39, 0.29) is 0 Å². The maximum atomic E-state index is 5.44. The second-order valence-electron chi connectivity index (χ2n) is 6.88. The van der Waals surface area contributed by atoms with E-state index in [0.29, 0.717) is 35.5 Å². The summed E-state index contributed by atoms with van der Waals surface area (Å²) in [5, 5.41) is 13.6. The van der Waals surface area contributed by atoms with Crippen LogP contribution in [0, 0.1) is 6.92 Å². The van der Waals surface area contributed by atoms with Gasteiger partial charge in [-0.15, -0.1) is 0 Å². The average Bonchev–Trinajstić information content (AvgIpc) is 3.36. The van der Waals surface area contributed by atoms with Gasteiger partial charge in [0.1, 0.15) is 5.82 Å². The van der Waals surface area contributed by atoms with Crippen LogP contribution in [-0.2, 0) is 4.74 Å². The number of H-pyrrole nitrogens is 1. The molecule has 0 radical (unpaired) electrons. The van der Waals surface area contributed by atoms with Gasteiger partial charge in [-0.05, 0) is 31.9 Å². The van der Waals surface area contributed by atoms with Crippen LogP contribution >= 0.6 is 0 Å². The molecule has 29 heavy (non-hydrogen) atoms. The van der Waals surface area contributed by atoms with E-state index in [1.165, 1.54) is 0 Å². The fourth-order valence-electron chi connectivity index (χ4n) is 3.41. The van der Waals surface area contributed by atoms with Gasteiger partial charge < -0.3 is 15.4 Å². The Hall–Kier alpha value is -3.53. The molecule has 0 bridgehead atoms. The number of anilines is 3. The van der Waals surface area contributed by atoms with Crippen molar-refractivity contribution in [2.24, 2.45) is 0 Å². The van der Waals surface area contributed by atoms with Crippen molar-refractivity contribution < 1.29 is 4.74 Å². The molecule has 3 N–H and O–H groups in total. The Labute approximate surface area is 166 Å². The zero-order valence-corrected chi connectivity index (χ0v) is 16.0. The van der Waals surface area contributed by atoms with Crippen LogP contribution in [0.1, 0.15) is 18.7 Å². The van der Waals surface area contributed by atoms with Crippen molar-refractivity contribution in [3.63, 3.8) is 0 Å². The fraction of sp³-hybridized carbons (Fsp3) is 0.316. The molecule has 0 unspecified atom stereocenters. The molecule has 0 aliphatic carbocycles. The third kappa shape index (κ3) is 3.61. The maximum Gasteiger partial charge on any atom is 0.242 e. The highest BCUT2D eigenvalue weighted by Crippen LogP contribution is 2.25. The van der Waals surface area contributed by atoms with Gasteiger partial charge in [-0.1, -0.05) is 12.1 Å². The van der Waals surface area contributed by atoms with Gasteiger partial charge in [0.2, 0.25) is 17.8 Å². The Morgan fingerprint density at radius 3 is 2.76 bits per heavy atom. The van der Waals surface area contributed by atoms with Crippen LogP contribution in [0.4, 0.5) is 17.7 Å². The molecule has 0 amide bonds. The normalized spacial score (nSPS) is 14.9. The van der Waals surface area contributed by atoms with Gasteiger partial charge in [-0.2, -0.15) is 20.1 Å². The topological polar surface area (TPSA) is 118 Å². The first-order valence-corrected chi connectivity index (χ1v) is 9.58. The fourth-order valence-corrected chi connectivity index (χ4v) is 3.41. The van der Waals surface area contributed by atoms with E-state index in [0.717, 1.165) is 37.1 Å². The summed E-state index contributed by atoms with van der Waals surface area (Å²) in [7, 11) is 0. The minimum absolute atomic E-state index is 0.291. The number of hydrogen-bond donors (Lipinski definition) is 3. The van der Waals surface area contributed by atoms with Crippen molar-refractivity contribution in [3.8, 4) is 5.95 Å². The SMILES string of the molecule is Cc1nc(NC2CCOCC2)nc(-n2c(Nc3cc[nH]n3)nc3ccccc32)n1. The summed E-state index contributed by atoms with van der Waals surface area (Å²) >= 11 is 0. The molecule has 1 saturated heterocycles. The summed E-state index contributed by atoms with van der Waals surface area (Å²) in [5.74, 6) is 2.93. The molecule has 10 heteroatoms. The van der Waals surface area contributed by atoms with Crippen molar-refractivity contribution in [1.82, 2.24) is 34.7 Å². The lowest BCUT2D eigenvalue weighted by molar-refractivity contribution is 0.0903. The number of para-hydroxylation sites is 2. The molecule has 0 saturated carbocycles. The molecule has 1 aliphatic rings. The number of benzene rings is 1. The Morgan fingerprint density at radius 2 is 1.93 bits per heavy atom. The highest BCUT2D eigenvalue weighted by molar-refractivity contribution is 5.81. The molecule has 4 aromatic rings. The zero-order valence-electron chi connectivity index (χ0n) is 16.0. The summed E-state index contributed by atoms with van der Waals surface area (Å²) in [5.41, 5.74) is 1.73. The Bertz CT molecular complexity index is 1120. The lowest BCUT2D eigenvalue weighted by atomic mass is 10.1. The largest absolute Gasteiger partial charge is 0.381 e. The first kappa shape index (κ1) is 17.6. The van der Waals surface area contributed by atoms with Gasteiger partial charge in [-0.3, -0.25) is 5.10 Å². The Morgan fingerprint density at radius 1 is 1.07 bits per heavy atom. The lowest BCUT2D eigenvalue weighted by Crippen LogP contribution is -2.29. The predicted octanol–water partition coefficient (Wildman–Crippen LogP) is 2.58. The molecule has 1 fully saturated rings. The van der Waals surface area contributed by atoms with Crippen LogP contribution in [0.2, 0.25) is 0 Å². The number of ether oxygens (including phenoxy) is 1. The van der Waals surface area contributed by atoms with Crippen molar-refractivity contribution in [2.45, 2.75) is 25.8 Å². The van der Waals surface area contributed by atoms with Gasteiger partial charge in [0, 0.05) is 31.5 Å². The van der Waals surface area contributed by atoms with Crippen LogP contribution in [-0.4, -0.2) is 54.0 Å². The van der Waals surface area contributed by atoms with E-state index in [1.807, 2.05) is 41.8 Å². The van der Waals surface area contributed by atoms with E-state index in [4.69, 9.17) is 14.7 Å². The highest BCUT2D eigenvalue weighted by Gasteiger charge is 2.19. The van der Waals surface area contributed by atoms with Gasteiger partial charge in [-0.25, -0.2) is 9.55 Å². The second kappa shape index (κ2) is 7.47. The molecule has 1 aliphatic heterocycles. The van der Waals surface area contributed by atoms with E-state index < -0.39 is 0 Å². The summed E-state index contributed by atoms with van der Waals surface area (Å²) in [6, 6.07) is 9.99. The number of fused-ring (bicyclic) bond motifs is 1. The monoisotopic (exact) mass is 391 g/mol. The maximum absolute atomic E-state index is 5.44. The number of aromatic amines is 1. The molecular formula is C19H21N9O. The number of nitrogens with zero attached hydrogens (tertiary/aromatic N) is 6. The standard InChI is InChI=1S/C19H21N9O/c1-12-21-17(23-13-7-10-29-11-8-13)26-18(22-12)28-15-5-3-2-4-14(15)24-19(28)25-16-6-9-20-27-16/h2-6,9,13H,7-8,10-11H2,1H3,(H2,20,24,25,27)(H,21,22,23,26). The average molecular weight is 391 g/mol. The molecule has 10 nitrogen and oxygen atoms in total. The van der Waals surface area contributed by atoms with Crippen LogP contribution in [0.3, 0.4) is 0 Å². The minimum atomic E-state index is 0.291. The van der Waals surface area contributed by atoms with Crippen LogP contribution in [0.5, 0.6) is 0 Å².